The Hall–Kier alpha value is -3.32. The third kappa shape index (κ3) is 5.11. The van der Waals surface area contributed by atoms with Gasteiger partial charge in [0.1, 0.15) is 16.7 Å². The van der Waals surface area contributed by atoms with Crippen LogP contribution in [0, 0.1) is 6.92 Å². The third-order valence-electron chi connectivity index (χ3n) is 4.71. The number of hydrogen-bond donors (Lipinski definition) is 3. The van der Waals surface area contributed by atoms with Gasteiger partial charge >= 0.3 is 6.09 Å². The van der Waals surface area contributed by atoms with Crippen molar-refractivity contribution in [2.45, 2.75) is 31.4 Å². The van der Waals surface area contributed by atoms with E-state index >= 15 is 0 Å². The van der Waals surface area contributed by atoms with Gasteiger partial charge in [0.2, 0.25) is 5.91 Å². The highest BCUT2D eigenvalue weighted by Gasteiger charge is 2.36. The second kappa shape index (κ2) is 9.44. The van der Waals surface area contributed by atoms with Crippen LogP contribution in [0.3, 0.4) is 0 Å². The average molecular weight is 468 g/mol. The molecular weight excluding hydrogens is 442 g/mol. The number of fused-ring (bicyclic) bond motifs is 1. The van der Waals surface area contributed by atoms with E-state index < -0.39 is 22.2 Å². The van der Waals surface area contributed by atoms with Crippen molar-refractivity contribution in [1.82, 2.24) is 15.1 Å². The molecular formula is C19H25N5O7S. The lowest BCUT2D eigenvalue weighted by atomic mass is 10.2. The highest BCUT2D eigenvalue weighted by Crippen LogP contribution is 2.39. The number of nitrogens with one attached hydrogen (secondary N) is 2. The minimum Gasteiger partial charge on any atom is -0.484 e. The molecule has 12 nitrogen and oxygen atoms in total. The number of benzene rings is 1. The number of carboxylic acid groups (broad SMARTS) is 1. The summed E-state index contributed by atoms with van der Waals surface area (Å²) in [5.41, 5.74) is 0.680. The Morgan fingerprint density at radius 1 is 1.38 bits per heavy atom. The predicted octanol–water partition coefficient (Wildman–Crippen LogP) is 1.02. The average Bonchev–Trinajstić information content (AvgIpc) is 3.11. The highest BCUT2D eigenvalue weighted by molar-refractivity contribution is 7.92. The van der Waals surface area contributed by atoms with Crippen molar-refractivity contribution in [3.05, 3.63) is 30.1 Å². The number of carbonyl (C=O) groups excluding carboxylic acids is 1. The van der Waals surface area contributed by atoms with Gasteiger partial charge in [0.25, 0.3) is 10.0 Å². The van der Waals surface area contributed by atoms with E-state index in [1.54, 1.807) is 6.92 Å². The van der Waals surface area contributed by atoms with E-state index in [1.807, 2.05) is 0 Å². The Labute approximate surface area is 185 Å². The number of methoxy groups -OCH3 is 1. The summed E-state index contributed by atoms with van der Waals surface area (Å²) < 4.78 is 40.8. The van der Waals surface area contributed by atoms with Crippen LogP contribution in [0.1, 0.15) is 12.6 Å². The van der Waals surface area contributed by atoms with E-state index in [0.717, 1.165) is 4.31 Å². The molecule has 1 aromatic heterocycles. The first kappa shape index (κ1) is 23.3. The van der Waals surface area contributed by atoms with Crippen LogP contribution in [-0.4, -0.2) is 68.2 Å². The molecule has 1 unspecified atom stereocenters. The van der Waals surface area contributed by atoms with Gasteiger partial charge < -0.3 is 19.9 Å². The third-order valence-corrected chi connectivity index (χ3v) is 6.60. The van der Waals surface area contributed by atoms with Crippen molar-refractivity contribution in [3.63, 3.8) is 0 Å². The van der Waals surface area contributed by atoms with Crippen LogP contribution in [0.25, 0.3) is 0 Å². The zero-order chi connectivity index (χ0) is 23.5. The molecule has 32 heavy (non-hydrogen) atoms. The summed E-state index contributed by atoms with van der Waals surface area (Å²) in [6.45, 7) is 3.70. The lowest BCUT2D eigenvalue weighted by Crippen LogP contribution is -2.48. The molecule has 0 radical (unpaired) electrons. The summed E-state index contributed by atoms with van der Waals surface area (Å²) >= 11 is 0. The Morgan fingerprint density at radius 2 is 2.12 bits per heavy atom. The van der Waals surface area contributed by atoms with Crippen LogP contribution in [-0.2, 0) is 26.1 Å². The van der Waals surface area contributed by atoms with Crippen molar-refractivity contribution in [1.29, 1.82) is 0 Å². The van der Waals surface area contributed by atoms with Crippen molar-refractivity contribution < 1.29 is 32.6 Å². The van der Waals surface area contributed by atoms with Crippen molar-refractivity contribution in [2.75, 3.05) is 36.4 Å². The number of rotatable bonds is 8. The normalized spacial score (nSPS) is 15.6. The second-order valence-electron chi connectivity index (χ2n) is 7.16. The van der Waals surface area contributed by atoms with Crippen LogP contribution >= 0.6 is 0 Å². The molecule has 0 saturated heterocycles. The lowest BCUT2D eigenvalue weighted by molar-refractivity contribution is -0.119. The molecule has 2 heterocycles. The van der Waals surface area contributed by atoms with Crippen LogP contribution in [0.5, 0.6) is 5.75 Å². The Balaban J connectivity index is 2.02. The number of ether oxygens (including phenoxy) is 2. The Morgan fingerprint density at radius 3 is 2.78 bits per heavy atom. The van der Waals surface area contributed by atoms with Crippen LogP contribution in [0.4, 0.5) is 16.2 Å². The smallest absolute Gasteiger partial charge is 0.409 e. The molecule has 1 aliphatic rings. The zero-order valence-corrected chi connectivity index (χ0v) is 18.7. The molecule has 1 atom stereocenters. The van der Waals surface area contributed by atoms with Gasteiger partial charge in [-0.1, -0.05) is 0 Å². The molecule has 3 N–H and O–H groups in total. The van der Waals surface area contributed by atoms with Crippen molar-refractivity contribution in [2.24, 2.45) is 0 Å². The summed E-state index contributed by atoms with van der Waals surface area (Å²) in [5, 5.41) is 18.1. The second-order valence-corrected chi connectivity index (χ2v) is 8.99. The standard InChI is InChI=1S/C19H25N5O7S/c1-12-18(11-23(22-12)6-7-30-3)32(28,29)24-10-15(9-20-13(2)25)31-17-5-4-14(8-16(17)24)21-19(26)27/h4-5,8,11,15,21H,6-7,9-10H2,1-3H3,(H,20,25)(H,26,27). The number of amides is 2. The summed E-state index contributed by atoms with van der Waals surface area (Å²) in [4.78, 5) is 22.4. The molecule has 0 fully saturated rings. The SMILES string of the molecule is COCCn1cc(S(=O)(=O)N2CC(CNC(C)=O)Oc3ccc(NC(=O)O)cc32)c(C)n1. The Kier molecular flexibility index (Phi) is 6.89. The molecule has 2 amide bonds. The fourth-order valence-electron chi connectivity index (χ4n) is 3.28. The van der Waals surface area contributed by atoms with E-state index in [4.69, 9.17) is 14.6 Å². The van der Waals surface area contributed by atoms with E-state index in [1.165, 1.54) is 43.1 Å². The van der Waals surface area contributed by atoms with Gasteiger partial charge in [0.05, 0.1) is 37.6 Å². The van der Waals surface area contributed by atoms with Gasteiger partial charge in [0.15, 0.2) is 0 Å². The van der Waals surface area contributed by atoms with E-state index in [0.29, 0.717) is 18.8 Å². The molecule has 1 aliphatic heterocycles. The molecule has 3 rings (SSSR count). The number of hydrogen-bond acceptors (Lipinski definition) is 7. The molecule has 0 aliphatic carbocycles. The van der Waals surface area contributed by atoms with Crippen molar-refractivity contribution >= 4 is 33.4 Å². The molecule has 13 heteroatoms. The van der Waals surface area contributed by atoms with E-state index in [9.17, 15) is 18.0 Å². The lowest BCUT2D eigenvalue weighted by Gasteiger charge is -2.35. The summed E-state index contributed by atoms with van der Waals surface area (Å²) in [5.74, 6) is -0.0272. The monoisotopic (exact) mass is 467 g/mol. The number of anilines is 2. The number of sulfonamides is 1. The molecule has 1 aromatic carbocycles. The maximum atomic E-state index is 13.6. The van der Waals surface area contributed by atoms with Crippen LogP contribution in [0.2, 0.25) is 0 Å². The number of nitrogens with zero attached hydrogens (tertiary/aromatic N) is 3. The largest absolute Gasteiger partial charge is 0.484 e. The minimum absolute atomic E-state index is 0.0105. The summed E-state index contributed by atoms with van der Waals surface area (Å²) in [7, 11) is -2.55. The fourth-order valence-corrected chi connectivity index (χ4v) is 4.95. The zero-order valence-electron chi connectivity index (χ0n) is 17.9. The quantitative estimate of drug-likeness (QED) is 0.520. The van der Waals surface area contributed by atoms with Crippen molar-refractivity contribution in [3.8, 4) is 5.75 Å². The summed E-state index contributed by atoms with van der Waals surface area (Å²) in [6, 6.07) is 4.34. The maximum Gasteiger partial charge on any atom is 0.409 e. The first-order chi connectivity index (χ1) is 15.1. The summed E-state index contributed by atoms with van der Waals surface area (Å²) in [6.07, 6.45) is -0.501. The van der Waals surface area contributed by atoms with E-state index in [-0.39, 0.29) is 41.0 Å². The number of aryl methyl sites for hydroxylation is 1. The van der Waals surface area contributed by atoms with Gasteiger partial charge in [-0.15, -0.1) is 0 Å². The molecule has 0 bridgehead atoms. The Bertz CT molecular complexity index is 1120. The number of carbonyl (C=O) groups is 2. The molecule has 0 saturated carbocycles. The van der Waals surface area contributed by atoms with Gasteiger partial charge in [-0.25, -0.2) is 13.2 Å². The molecule has 0 spiro atoms. The minimum atomic E-state index is -4.09. The number of aromatic nitrogens is 2. The van der Waals surface area contributed by atoms with Crippen LogP contribution < -0.4 is 19.7 Å². The maximum absolute atomic E-state index is 13.6. The van der Waals surface area contributed by atoms with Gasteiger partial charge in [-0.2, -0.15) is 5.10 Å². The van der Waals surface area contributed by atoms with Crippen LogP contribution in [0.15, 0.2) is 29.3 Å². The first-order valence-corrected chi connectivity index (χ1v) is 11.2. The van der Waals surface area contributed by atoms with Gasteiger partial charge in [-0.05, 0) is 25.1 Å². The van der Waals surface area contributed by atoms with Gasteiger partial charge in [0, 0.05) is 25.9 Å². The molecule has 174 valence electrons. The topological polar surface area (TPSA) is 152 Å². The van der Waals surface area contributed by atoms with Gasteiger partial charge in [-0.3, -0.25) is 19.1 Å². The predicted molar refractivity (Wildman–Crippen MR) is 115 cm³/mol. The van der Waals surface area contributed by atoms with E-state index in [2.05, 4.69) is 15.7 Å². The first-order valence-electron chi connectivity index (χ1n) is 9.72. The highest BCUT2D eigenvalue weighted by atomic mass is 32.2. The molecule has 2 aromatic rings. The fraction of sp³-hybridized carbons (Fsp3) is 0.421.